The van der Waals surface area contributed by atoms with Gasteiger partial charge in [0.1, 0.15) is 0 Å². The van der Waals surface area contributed by atoms with Gasteiger partial charge in [0.15, 0.2) is 0 Å². The van der Waals surface area contributed by atoms with E-state index in [9.17, 15) is 9.59 Å². The molecule has 1 heterocycles. The van der Waals surface area contributed by atoms with Crippen LogP contribution in [0.3, 0.4) is 0 Å². The van der Waals surface area contributed by atoms with Crippen molar-refractivity contribution in [3.8, 4) is 0 Å². The minimum Gasteiger partial charge on any atom is -0.378 e. The summed E-state index contributed by atoms with van der Waals surface area (Å²) < 4.78 is 0. The number of rotatable bonds is 8. The molecular formula is C22H37N5O2. The standard InChI is InChI=1S/C22H37N5O2/c1-17(2)10-11-23-21(28)22(29)24-16-20(27-14-12-26(5)13-15-27)18-6-8-19(9-7-18)25(3)4/h6-9,17,20H,10-16H2,1-5H3,(H,23,28)(H,24,29)/t20-/m1/s1. The van der Waals surface area contributed by atoms with Crippen LogP contribution in [-0.4, -0.2) is 82.0 Å². The molecule has 0 bridgehead atoms. The van der Waals surface area contributed by atoms with E-state index in [0.717, 1.165) is 43.9 Å². The number of benzene rings is 1. The molecule has 0 spiro atoms. The van der Waals surface area contributed by atoms with E-state index >= 15 is 0 Å². The van der Waals surface area contributed by atoms with E-state index in [-0.39, 0.29) is 6.04 Å². The number of anilines is 1. The van der Waals surface area contributed by atoms with E-state index in [1.807, 2.05) is 14.1 Å². The number of carbonyl (C=O) groups is 2. The zero-order chi connectivity index (χ0) is 21.4. The molecule has 1 aliphatic rings. The largest absolute Gasteiger partial charge is 0.378 e. The summed E-state index contributed by atoms with van der Waals surface area (Å²) >= 11 is 0. The van der Waals surface area contributed by atoms with Gasteiger partial charge in [-0.25, -0.2) is 0 Å². The van der Waals surface area contributed by atoms with E-state index in [1.165, 1.54) is 0 Å². The van der Waals surface area contributed by atoms with Gasteiger partial charge in [0, 0.05) is 59.1 Å². The molecule has 1 saturated heterocycles. The normalized spacial score (nSPS) is 16.5. The van der Waals surface area contributed by atoms with Crippen LogP contribution in [0.4, 0.5) is 5.69 Å². The van der Waals surface area contributed by atoms with Crippen LogP contribution in [0.5, 0.6) is 0 Å². The molecule has 2 amide bonds. The van der Waals surface area contributed by atoms with Crippen LogP contribution in [0.2, 0.25) is 0 Å². The average Bonchev–Trinajstić information content (AvgIpc) is 2.69. The number of nitrogens with one attached hydrogen (secondary N) is 2. The molecule has 0 saturated carbocycles. The minimum atomic E-state index is -0.558. The maximum atomic E-state index is 12.3. The van der Waals surface area contributed by atoms with E-state index < -0.39 is 11.8 Å². The Morgan fingerprint density at radius 1 is 1.00 bits per heavy atom. The van der Waals surface area contributed by atoms with Gasteiger partial charge in [-0.15, -0.1) is 0 Å². The number of likely N-dealkylation sites (N-methyl/N-ethyl adjacent to an activating group) is 1. The summed E-state index contributed by atoms with van der Waals surface area (Å²) in [4.78, 5) is 31.1. The summed E-state index contributed by atoms with van der Waals surface area (Å²) in [6, 6.07) is 8.48. The van der Waals surface area contributed by atoms with E-state index in [4.69, 9.17) is 0 Å². The molecule has 0 aliphatic carbocycles. The van der Waals surface area contributed by atoms with Crippen LogP contribution in [0.1, 0.15) is 31.9 Å². The van der Waals surface area contributed by atoms with Crippen molar-refractivity contribution in [3.63, 3.8) is 0 Å². The van der Waals surface area contributed by atoms with Crippen LogP contribution in [0, 0.1) is 5.92 Å². The number of nitrogens with zero attached hydrogens (tertiary/aromatic N) is 3. The van der Waals surface area contributed by atoms with Crippen molar-refractivity contribution < 1.29 is 9.59 Å². The van der Waals surface area contributed by atoms with Crippen molar-refractivity contribution in [3.05, 3.63) is 29.8 Å². The highest BCUT2D eigenvalue weighted by atomic mass is 16.2. The highest BCUT2D eigenvalue weighted by Gasteiger charge is 2.25. The van der Waals surface area contributed by atoms with E-state index in [0.29, 0.717) is 19.0 Å². The first-order chi connectivity index (χ1) is 13.8. The molecule has 1 aromatic carbocycles. The molecule has 7 nitrogen and oxygen atoms in total. The fraction of sp³-hybridized carbons (Fsp3) is 0.636. The van der Waals surface area contributed by atoms with Gasteiger partial charge in [-0.05, 0) is 37.1 Å². The smallest absolute Gasteiger partial charge is 0.309 e. The Hall–Kier alpha value is -2.12. The van der Waals surface area contributed by atoms with Gasteiger partial charge in [-0.2, -0.15) is 0 Å². The monoisotopic (exact) mass is 403 g/mol. The van der Waals surface area contributed by atoms with Crippen LogP contribution < -0.4 is 15.5 Å². The predicted octanol–water partition coefficient (Wildman–Crippen LogP) is 1.32. The fourth-order valence-electron chi connectivity index (χ4n) is 3.41. The molecule has 2 N–H and O–H groups in total. The van der Waals surface area contributed by atoms with Gasteiger partial charge in [0.05, 0.1) is 6.04 Å². The summed E-state index contributed by atoms with van der Waals surface area (Å²) in [7, 11) is 6.16. The van der Waals surface area contributed by atoms with Crippen molar-refractivity contribution >= 4 is 17.5 Å². The lowest BCUT2D eigenvalue weighted by Gasteiger charge is -2.38. The third-order valence-corrected chi connectivity index (χ3v) is 5.44. The lowest BCUT2D eigenvalue weighted by molar-refractivity contribution is -0.139. The van der Waals surface area contributed by atoms with Gasteiger partial charge < -0.3 is 20.4 Å². The third-order valence-electron chi connectivity index (χ3n) is 5.44. The van der Waals surface area contributed by atoms with Crippen LogP contribution >= 0.6 is 0 Å². The third kappa shape index (κ3) is 7.33. The second-order valence-electron chi connectivity index (χ2n) is 8.49. The summed E-state index contributed by atoms with van der Waals surface area (Å²) in [5.41, 5.74) is 2.29. The second kappa shape index (κ2) is 11.2. The zero-order valence-corrected chi connectivity index (χ0v) is 18.6. The Bertz CT molecular complexity index is 652. The first kappa shape index (κ1) is 23.2. The molecular weight excluding hydrogens is 366 g/mol. The summed E-state index contributed by atoms with van der Waals surface area (Å²) in [5.74, 6) is -0.617. The van der Waals surface area contributed by atoms with Gasteiger partial charge in [0.2, 0.25) is 0 Å². The first-order valence-electron chi connectivity index (χ1n) is 10.5. The van der Waals surface area contributed by atoms with Crippen LogP contribution in [-0.2, 0) is 9.59 Å². The van der Waals surface area contributed by atoms with E-state index in [2.05, 4.69) is 70.5 Å². The maximum absolute atomic E-state index is 12.3. The highest BCUT2D eigenvalue weighted by molar-refractivity contribution is 6.35. The molecule has 162 valence electrons. The summed E-state index contributed by atoms with van der Waals surface area (Å²) in [5, 5.41) is 5.55. The zero-order valence-electron chi connectivity index (χ0n) is 18.6. The molecule has 1 aromatic rings. The Morgan fingerprint density at radius 2 is 1.59 bits per heavy atom. The molecule has 0 aromatic heterocycles. The van der Waals surface area contributed by atoms with Crippen molar-refractivity contribution in [2.45, 2.75) is 26.3 Å². The number of piperazine rings is 1. The van der Waals surface area contributed by atoms with Crippen LogP contribution in [0.15, 0.2) is 24.3 Å². The average molecular weight is 404 g/mol. The van der Waals surface area contributed by atoms with Gasteiger partial charge in [0.25, 0.3) is 0 Å². The fourth-order valence-corrected chi connectivity index (χ4v) is 3.41. The Kier molecular flexibility index (Phi) is 8.92. The van der Waals surface area contributed by atoms with Gasteiger partial charge in [-0.3, -0.25) is 14.5 Å². The van der Waals surface area contributed by atoms with Gasteiger partial charge in [-0.1, -0.05) is 26.0 Å². The Balaban J connectivity index is 2.01. The molecule has 2 rings (SSSR count). The lowest BCUT2D eigenvalue weighted by Crippen LogP contribution is -2.49. The van der Waals surface area contributed by atoms with Crippen molar-refractivity contribution in [1.29, 1.82) is 0 Å². The summed E-state index contributed by atoms with van der Waals surface area (Å²) in [6.45, 7) is 8.99. The van der Waals surface area contributed by atoms with E-state index in [1.54, 1.807) is 0 Å². The minimum absolute atomic E-state index is 0.0485. The molecule has 0 radical (unpaired) electrons. The Morgan fingerprint density at radius 3 is 2.14 bits per heavy atom. The lowest BCUT2D eigenvalue weighted by atomic mass is 10.0. The van der Waals surface area contributed by atoms with Crippen molar-refractivity contribution in [2.24, 2.45) is 5.92 Å². The SMILES string of the molecule is CC(C)CCNC(=O)C(=O)NC[C@H](c1ccc(N(C)C)cc1)N1CCN(C)CC1. The second-order valence-corrected chi connectivity index (χ2v) is 8.49. The topological polar surface area (TPSA) is 67.9 Å². The molecule has 29 heavy (non-hydrogen) atoms. The van der Waals surface area contributed by atoms with Crippen molar-refractivity contribution in [1.82, 2.24) is 20.4 Å². The number of hydrogen-bond donors (Lipinski definition) is 2. The number of amides is 2. The van der Waals surface area contributed by atoms with Crippen molar-refractivity contribution in [2.75, 3.05) is 65.3 Å². The number of carbonyl (C=O) groups excluding carboxylic acids is 2. The molecule has 7 heteroatoms. The number of hydrogen-bond acceptors (Lipinski definition) is 5. The highest BCUT2D eigenvalue weighted by Crippen LogP contribution is 2.24. The first-order valence-corrected chi connectivity index (χ1v) is 10.5. The predicted molar refractivity (Wildman–Crippen MR) is 118 cm³/mol. The molecule has 1 fully saturated rings. The summed E-state index contributed by atoms with van der Waals surface area (Å²) in [6.07, 6.45) is 0.862. The molecule has 1 aliphatic heterocycles. The Labute approximate surface area is 175 Å². The molecule has 1 atom stereocenters. The quantitative estimate of drug-likeness (QED) is 0.641. The van der Waals surface area contributed by atoms with Crippen LogP contribution in [0.25, 0.3) is 0 Å². The maximum Gasteiger partial charge on any atom is 0.309 e. The van der Waals surface area contributed by atoms with Gasteiger partial charge >= 0.3 is 11.8 Å². The molecule has 0 unspecified atom stereocenters.